The van der Waals surface area contributed by atoms with E-state index in [9.17, 15) is 0 Å². The summed E-state index contributed by atoms with van der Waals surface area (Å²) in [7, 11) is 0. The van der Waals surface area contributed by atoms with Gasteiger partial charge < -0.3 is 9.80 Å². The van der Waals surface area contributed by atoms with Crippen molar-refractivity contribution in [2.45, 2.75) is 38.5 Å². The van der Waals surface area contributed by atoms with Gasteiger partial charge in [-0.15, -0.1) is 0 Å². The molecule has 490 valence electrons. The van der Waals surface area contributed by atoms with Crippen molar-refractivity contribution in [2.24, 2.45) is 0 Å². The summed E-state index contributed by atoms with van der Waals surface area (Å²) >= 11 is 0. The van der Waals surface area contributed by atoms with E-state index in [-0.39, 0.29) is 10.8 Å². The number of nitrogens with zero attached hydrogens (tertiary/aromatic N) is 2. The van der Waals surface area contributed by atoms with Gasteiger partial charge in [-0.1, -0.05) is 301 Å². The van der Waals surface area contributed by atoms with E-state index in [1.54, 1.807) is 0 Å². The lowest BCUT2D eigenvalue weighted by molar-refractivity contribution is 0.660. The summed E-state index contributed by atoms with van der Waals surface area (Å²) in [5, 5.41) is 15.1. The Morgan fingerprint density at radius 3 is 1.13 bits per heavy atom. The van der Waals surface area contributed by atoms with Crippen molar-refractivity contribution in [3.63, 3.8) is 0 Å². The van der Waals surface area contributed by atoms with Gasteiger partial charge >= 0.3 is 0 Å². The first-order valence-electron chi connectivity index (χ1n) is 36.4. The van der Waals surface area contributed by atoms with Crippen molar-refractivity contribution in [1.29, 1.82) is 0 Å². The minimum atomic E-state index is -0.102. The first kappa shape index (κ1) is 61.0. The van der Waals surface area contributed by atoms with Gasteiger partial charge in [0.05, 0.1) is 5.69 Å². The van der Waals surface area contributed by atoms with Crippen molar-refractivity contribution in [3.05, 3.63) is 386 Å². The molecule has 18 aromatic rings. The average Bonchev–Trinajstić information content (AvgIpc) is 1.57. The second kappa shape index (κ2) is 23.9. The molecule has 104 heavy (non-hydrogen) atoms. The van der Waals surface area contributed by atoms with Crippen molar-refractivity contribution < 1.29 is 0 Å². The molecule has 0 fully saturated rings. The van der Waals surface area contributed by atoms with Crippen LogP contribution in [0.3, 0.4) is 0 Å². The molecule has 0 aliphatic heterocycles. The number of hydrogen-bond donors (Lipinski definition) is 0. The number of hydrogen-bond acceptors (Lipinski definition) is 2. The third-order valence-electron chi connectivity index (χ3n) is 23.0. The SMILES string of the molecule is CC1(C)c2ccccc2-c2cc(N(c3ccc(-c4ccc5ccc6c7ccccc7ccc6c5c4)cc3)c3cccc(-c4cccc(-c5ccc6c(ccc7c8cc(-c9ccc(N(c%10ccc%11c(c%10)-c%10ccccc%10C%11(C)C)c%10ccccc%10-c%10ccccc%10)cc9)ccc8ccc67)c5)c4)c3)ccc21. The smallest absolute Gasteiger partial charge is 0.0540 e. The van der Waals surface area contributed by atoms with E-state index in [1.165, 1.54) is 154 Å². The highest BCUT2D eigenvalue weighted by atomic mass is 15.1. The van der Waals surface area contributed by atoms with Crippen LogP contribution in [0.5, 0.6) is 0 Å². The molecule has 0 aromatic heterocycles. The fourth-order valence-corrected chi connectivity index (χ4v) is 17.6. The number of fused-ring (bicyclic) bond motifs is 16. The molecule has 0 N–H and O–H groups in total. The molecular formula is C102H72N2. The quantitative estimate of drug-likeness (QED) is 0.119. The summed E-state index contributed by atoms with van der Waals surface area (Å²) < 4.78 is 0. The zero-order valence-corrected chi connectivity index (χ0v) is 58.5. The van der Waals surface area contributed by atoms with Crippen LogP contribution >= 0.6 is 0 Å². The number of anilines is 6. The van der Waals surface area contributed by atoms with Crippen LogP contribution in [0.2, 0.25) is 0 Å². The molecule has 0 bridgehead atoms. The predicted molar refractivity (Wildman–Crippen MR) is 443 cm³/mol. The van der Waals surface area contributed by atoms with Crippen LogP contribution in [0, 0.1) is 0 Å². The fraction of sp³-hybridized carbons (Fsp3) is 0.0588. The topological polar surface area (TPSA) is 6.48 Å². The van der Waals surface area contributed by atoms with Crippen LogP contribution in [0.4, 0.5) is 34.1 Å². The number of benzene rings is 18. The highest BCUT2D eigenvalue weighted by Crippen LogP contribution is 2.54. The molecule has 2 heteroatoms. The van der Waals surface area contributed by atoms with Gasteiger partial charge in [-0.2, -0.15) is 0 Å². The van der Waals surface area contributed by atoms with Gasteiger partial charge in [0.15, 0.2) is 0 Å². The van der Waals surface area contributed by atoms with Gasteiger partial charge in [-0.3, -0.25) is 0 Å². The second-order valence-corrected chi connectivity index (χ2v) is 29.6. The van der Waals surface area contributed by atoms with Crippen LogP contribution < -0.4 is 9.80 Å². The lowest BCUT2D eigenvalue weighted by atomic mass is 9.82. The molecule has 0 amide bonds. The van der Waals surface area contributed by atoms with Crippen LogP contribution in [-0.4, -0.2) is 0 Å². The van der Waals surface area contributed by atoms with Gasteiger partial charge in [0, 0.05) is 44.8 Å². The first-order chi connectivity index (χ1) is 51.0. The summed E-state index contributed by atoms with van der Waals surface area (Å²) in [6.45, 7) is 9.42. The highest BCUT2D eigenvalue weighted by Gasteiger charge is 2.37. The fourth-order valence-electron chi connectivity index (χ4n) is 17.6. The number of para-hydroxylation sites is 1. The molecule has 0 radical (unpaired) electrons. The zero-order chi connectivity index (χ0) is 69.4. The molecular weight excluding hydrogens is 1250 g/mol. The largest absolute Gasteiger partial charge is 0.310 e. The molecule has 18 aromatic carbocycles. The van der Waals surface area contributed by atoms with Crippen molar-refractivity contribution in [1.82, 2.24) is 0 Å². The average molecular weight is 1330 g/mol. The monoisotopic (exact) mass is 1320 g/mol. The maximum Gasteiger partial charge on any atom is 0.0540 e. The lowest BCUT2D eigenvalue weighted by Crippen LogP contribution is -2.15. The summed E-state index contributed by atoms with van der Waals surface area (Å²) in [5.74, 6) is 0. The first-order valence-corrected chi connectivity index (χ1v) is 36.4. The van der Waals surface area contributed by atoms with Crippen molar-refractivity contribution >= 4 is 98.8 Å². The summed E-state index contributed by atoms with van der Waals surface area (Å²) in [6.07, 6.45) is 0. The Labute approximate surface area is 607 Å². The van der Waals surface area contributed by atoms with E-state index in [4.69, 9.17) is 0 Å². The van der Waals surface area contributed by atoms with Crippen LogP contribution in [0.25, 0.3) is 143 Å². The summed E-state index contributed by atoms with van der Waals surface area (Å²) in [6, 6.07) is 136. The predicted octanol–water partition coefficient (Wildman–Crippen LogP) is 28.5. The van der Waals surface area contributed by atoms with E-state index in [2.05, 4.69) is 401 Å². The Bertz CT molecular complexity index is 6530. The number of rotatable bonds is 11. The minimum absolute atomic E-state index is 0.0828. The Balaban J connectivity index is 0.619. The van der Waals surface area contributed by atoms with Crippen LogP contribution in [0.1, 0.15) is 49.9 Å². The van der Waals surface area contributed by atoms with E-state index in [0.717, 1.165) is 45.3 Å². The van der Waals surface area contributed by atoms with Gasteiger partial charge in [0.25, 0.3) is 0 Å². The van der Waals surface area contributed by atoms with Crippen molar-refractivity contribution in [2.75, 3.05) is 9.80 Å². The van der Waals surface area contributed by atoms with Crippen molar-refractivity contribution in [3.8, 4) is 77.9 Å². The molecule has 0 spiro atoms. The normalized spacial score (nSPS) is 13.2. The maximum absolute atomic E-state index is 2.44. The molecule has 0 saturated carbocycles. The van der Waals surface area contributed by atoms with E-state index in [1.807, 2.05) is 0 Å². The molecule has 2 aliphatic rings. The van der Waals surface area contributed by atoms with E-state index >= 15 is 0 Å². The lowest BCUT2D eigenvalue weighted by Gasteiger charge is -2.29. The van der Waals surface area contributed by atoms with Gasteiger partial charge in [-0.05, 0) is 250 Å². The molecule has 2 aliphatic carbocycles. The molecule has 0 unspecified atom stereocenters. The van der Waals surface area contributed by atoms with Crippen LogP contribution in [0.15, 0.2) is 364 Å². The molecule has 0 saturated heterocycles. The van der Waals surface area contributed by atoms with Crippen LogP contribution in [-0.2, 0) is 10.8 Å². The standard InChI is InChI=1S/C102H72N2/c1-101(2)96-29-13-10-27-90(96)94-63-81(49-56-98(94)101)103(78-45-36-65(37-46-78)75-34-32-69-41-52-86-83-25-9-8-20-68(83)40-54-88(86)92(69)61-75)80-24-17-23-73(60-80)71-21-16-22-72(58-71)74-43-51-84-77(59-74)44-55-89-87(84)53-42-70-33-35-76(62-93(70)89)66-38-47-79(48-39-66)104(100-31-15-12-26-85(100)67-18-6-5-7-19-67)82-50-57-99-95(64-82)91-28-11-14-30-97(91)102(99,3)4/h5-64H,1-4H3. The minimum Gasteiger partial charge on any atom is -0.310 e. The molecule has 0 heterocycles. The van der Waals surface area contributed by atoms with E-state index < -0.39 is 0 Å². The zero-order valence-electron chi connectivity index (χ0n) is 58.5. The Morgan fingerprint density at radius 2 is 0.538 bits per heavy atom. The Kier molecular flexibility index (Phi) is 14.0. The third kappa shape index (κ3) is 9.92. The molecule has 2 nitrogen and oxygen atoms in total. The molecule has 20 rings (SSSR count). The summed E-state index contributed by atoms with van der Waals surface area (Å²) in [5.41, 5.74) is 29.0. The molecule has 0 atom stereocenters. The maximum atomic E-state index is 2.44. The Hall–Kier alpha value is -12.9. The Morgan fingerprint density at radius 1 is 0.173 bits per heavy atom. The van der Waals surface area contributed by atoms with E-state index in [0.29, 0.717) is 0 Å². The highest BCUT2D eigenvalue weighted by molar-refractivity contribution is 6.19. The summed E-state index contributed by atoms with van der Waals surface area (Å²) in [4.78, 5) is 4.88. The van der Waals surface area contributed by atoms with Gasteiger partial charge in [0.1, 0.15) is 0 Å². The second-order valence-electron chi connectivity index (χ2n) is 29.6. The third-order valence-corrected chi connectivity index (χ3v) is 23.0. The van der Waals surface area contributed by atoms with Gasteiger partial charge in [0.2, 0.25) is 0 Å². The van der Waals surface area contributed by atoms with Gasteiger partial charge in [-0.25, -0.2) is 0 Å².